The van der Waals surface area contributed by atoms with Gasteiger partial charge in [-0.3, -0.25) is 0 Å². The maximum atomic E-state index is 13.2. The second-order valence-electron chi connectivity index (χ2n) is 5.54. The number of hydrogen-bond donors (Lipinski definition) is 1. The molecule has 4 rings (SSSR count). The Hall–Kier alpha value is -2.95. The average molecular weight is 306 g/mol. The van der Waals surface area contributed by atoms with Gasteiger partial charge in [-0.25, -0.2) is 9.07 Å². The number of aromatic nitrogens is 3. The van der Waals surface area contributed by atoms with Crippen LogP contribution in [0.2, 0.25) is 0 Å². The average Bonchev–Trinajstić information content (AvgIpc) is 3.04. The summed E-state index contributed by atoms with van der Waals surface area (Å²) in [5, 5.41) is 7.60. The van der Waals surface area contributed by atoms with Crippen molar-refractivity contribution in [2.45, 2.75) is 13.0 Å². The second kappa shape index (κ2) is 5.35. The van der Waals surface area contributed by atoms with E-state index in [1.165, 1.54) is 29.6 Å². The van der Waals surface area contributed by atoms with E-state index in [2.05, 4.69) is 40.5 Å². The Balaban J connectivity index is 1.83. The van der Waals surface area contributed by atoms with Crippen LogP contribution < -0.4 is 5.32 Å². The molecule has 5 heteroatoms. The number of hydrogen-bond acceptors (Lipinski definition) is 3. The third kappa shape index (κ3) is 2.40. The number of anilines is 1. The molecule has 2 aromatic carbocycles. The molecule has 1 aliphatic heterocycles. The molecule has 0 unspecified atom stereocenters. The largest absolute Gasteiger partial charge is 0.324 e. The lowest BCUT2D eigenvalue weighted by Gasteiger charge is -2.25. The lowest BCUT2D eigenvalue weighted by atomic mass is 9.98. The Morgan fingerprint density at radius 3 is 2.65 bits per heavy atom. The van der Waals surface area contributed by atoms with Crippen LogP contribution in [0.4, 0.5) is 10.3 Å². The lowest BCUT2D eigenvalue weighted by molar-refractivity contribution is 0.609. The molecule has 0 saturated heterocycles. The fraction of sp³-hybridized carbons (Fsp3) is 0.111. The first kappa shape index (κ1) is 13.7. The summed E-state index contributed by atoms with van der Waals surface area (Å²) in [5.41, 5.74) is 4.17. The molecule has 0 amide bonds. The van der Waals surface area contributed by atoms with Crippen molar-refractivity contribution in [3.63, 3.8) is 0 Å². The standard InChI is InChI=1S/C18H15FN4/c1-12-4-2-3-5-15(12)17-10-16(13-6-8-14(19)9-7-13)22-18-20-11-21-23(17)18/h2-11,17H,1H3,(H,20,21,22)/t17-/m1/s1. The van der Waals surface area contributed by atoms with Crippen molar-refractivity contribution in [2.24, 2.45) is 0 Å². The van der Waals surface area contributed by atoms with Gasteiger partial charge in [0.15, 0.2) is 0 Å². The molecule has 4 nitrogen and oxygen atoms in total. The van der Waals surface area contributed by atoms with Gasteiger partial charge >= 0.3 is 0 Å². The van der Waals surface area contributed by atoms with Gasteiger partial charge in [0.1, 0.15) is 18.2 Å². The molecule has 1 atom stereocenters. The SMILES string of the molecule is Cc1ccccc1[C@H]1C=C(c2ccc(F)cc2)Nc2ncnn21. The third-order valence-corrected chi connectivity index (χ3v) is 4.07. The summed E-state index contributed by atoms with van der Waals surface area (Å²) in [5.74, 6) is 0.434. The highest BCUT2D eigenvalue weighted by Gasteiger charge is 2.24. The van der Waals surface area contributed by atoms with Gasteiger partial charge in [0.05, 0.1) is 0 Å². The Bertz CT molecular complexity index is 880. The molecular weight excluding hydrogens is 291 g/mol. The minimum Gasteiger partial charge on any atom is -0.324 e. The molecule has 0 saturated carbocycles. The van der Waals surface area contributed by atoms with Gasteiger partial charge < -0.3 is 5.32 Å². The van der Waals surface area contributed by atoms with E-state index in [1.807, 2.05) is 16.8 Å². The molecule has 23 heavy (non-hydrogen) atoms. The minimum atomic E-state index is -0.246. The van der Waals surface area contributed by atoms with Crippen molar-refractivity contribution < 1.29 is 4.39 Å². The summed E-state index contributed by atoms with van der Waals surface area (Å²) < 4.78 is 15.0. The number of halogens is 1. The zero-order chi connectivity index (χ0) is 15.8. The fourth-order valence-electron chi connectivity index (χ4n) is 2.87. The van der Waals surface area contributed by atoms with Crippen LogP contribution in [-0.2, 0) is 0 Å². The highest BCUT2D eigenvalue weighted by molar-refractivity contribution is 5.77. The van der Waals surface area contributed by atoms with Crippen LogP contribution in [0.5, 0.6) is 0 Å². The first-order valence-corrected chi connectivity index (χ1v) is 7.42. The Morgan fingerprint density at radius 1 is 1.09 bits per heavy atom. The number of fused-ring (bicyclic) bond motifs is 1. The highest BCUT2D eigenvalue weighted by atomic mass is 19.1. The second-order valence-corrected chi connectivity index (χ2v) is 5.54. The Morgan fingerprint density at radius 2 is 1.87 bits per heavy atom. The Kier molecular flexibility index (Phi) is 3.19. The lowest BCUT2D eigenvalue weighted by Crippen LogP contribution is -2.20. The van der Waals surface area contributed by atoms with Crippen LogP contribution in [-0.4, -0.2) is 14.8 Å². The number of aryl methyl sites for hydroxylation is 1. The molecular formula is C18H15FN4. The van der Waals surface area contributed by atoms with E-state index in [4.69, 9.17) is 0 Å². The Labute approximate surface area is 133 Å². The normalized spacial score (nSPS) is 16.4. The van der Waals surface area contributed by atoms with Crippen molar-refractivity contribution in [1.82, 2.24) is 14.8 Å². The zero-order valence-corrected chi connectivity index (χ0v) is 12.6. The first-order chi connectivity index (χ1) is 11.2. The number of allylic oxidation sites excluding steroid dienone is 1. The van der Waals surface area contributed by atoms with Crippen LogP contribution in [0, 0.1) is 12.7 Å². The van der Waals surface area contributed by atoms with E-state index < -0.39 is 0 Å². The summed E-state index contributed by atoms with van der Waals surface area (Å²) >= 11 is 0. The molecule has 1 aromatic heterocycles. The third-order valence-electron chi connectivity index (χ3n) is 4.07. The van der Waals surface area contributed by atoms with Crippen LogP contribution >= 0.6 is 0 Å². The van der Waals surface area contributed by atoms with Crippen LogP contribution in [0.15, 0.2) is 60.9 Å². The molecule has 1 aliphatic rings. The monoisotopic (exact) mass is 306 g/mol. The fourth-order valence-corrected chi connectivity index (χ4v) is 2.87. The van der Waals surface area contributed by atoms with Crippen LogP contribution in [0.1, 0.15) is 22.7 Å². The van der Waals surface area contributed by atoms with Crippen molar-refractivity contribution >= 4 is 11.6 Å². The van der Waals surface area contributed by atoms with E-state index >= 15 is 0 Å². The molecule has 2 heterocycles. The van der Waals surface area contributed by atoms with E-state index in [1.54, 1.807) is 12.1 Å². The van der Waals surface area contributed by atoms with Crippen LogP contribution in [0.25, 0.3) is 5.70 Å². The van der Waals surface area contributed by atoms with Gasteiger partial charge in [-0.2, -0.15) is 10.1 Å². The van der Waals surface area contributed by atoms with Gasteiger partial charge in [-0.1, -0.05) is 24.3 Å². The van der Waals surface area contributed by atoms with E-state index in [-0.39, 0.29) is 11.9 Å². The number of rotatable bonds is 2. The molecule has 0 bridgehead atoms. The molecule has 114 valence electrons. The summed E-state index contributed by atoms with van der Waals surface area (Å²) in [7, 11) is 0. The zero-order valence-electron chi connectivity index (χ0n) is 12.6. The number of nitrogens with zero attached hydrogens (tertiary/aromatic N) is 3. The van der Waals surface area contributed by atoms with Gasteiger partial charge in [0, 0.05) is 5.70 Å². The minimum absolute atomic E-state index is 0.0463. The number of benzene rings is 2. The first-order valence-electron chi connectivity index (χ1n) is 7.42. The maximum absolute atomic E-state index is 13.2. The van der Waals surface area contributed by atoms with Crippen molar-refractivity contribution in [3.05, 3.63) is 83.4 Å². The van der Waals surface area contributed by atoms with Crippen molar-refractivity contribution in [2.75, 3.05) is 5.32 Å². The number of nitrogens with one attached hydrogen (secondary N) is 1. The molecule has 3 aromatic rings. The van der Waals surface area contributed by atoms with Gasteiger partial charge in [-0.15, -0.1) is 0 Å². The predicted molar refractivity (Wildman–Crippen MR) is 87.3 cm³/mol. The molecule has 0 aliphatic carbocycles. The van der Waals surface area contributed by atoms with Gasteiger partial charge in [-0.05, 0) is 54.0 Å². The molecule has 1 N–H and O–H groups in total. The van der Waals surface area contributed by atoms with Crippen molar-refractivity contribution in [1.29, 1.82) is 0 Å². The summed E-state index contributed by atoms with van der Waals surface area (Å²) in [6.07, 6.45) is 3.63. The smallest absolute Gasteiger partial charge is 0.226 e. The summed E-state index contributed by atoms with van der Waals surface area (Å²) in [4.78, 5) is 4.28. The quantitative estimate of drug-likeness (QED) is 0.783. The van der Waals surface area contributed by atoms with Gasteiger partial charge in [0.2, 0.25) is 5.95 Å². The highest BCUT2D eigenvalue weighted by Crippen LogP contribution is 2.33. The van der Waals surface area contributed by atoms with E-state index in [0.29, 0.717) is 5.95 Å². The predicted octanol–water partition coefficient (Wildman–Crippen LogP) is 3.78. The topological polar surface area (TPSA) is 42.7 Å². The maximum Gasteiger partial charge on any atom is 0.226 e. The summed E-state index contributed by atoms with van der Waals surface area (Å²) in [6, 6.07) is 14.6. The van der Waals surface area contributed by atoms with Crippen molar-refractivity contribution in [3.8, 4) is 0 Å². The van der Waals surface area contributed by atoms with E-state index in [0.717, 1.165) is 11.3 Å². The van der Waals surface area contributed by atoms with Gasteiger partial charge in [0.25, 0.3) is 0 Å². The molecule has 0 radical (unpaired) electrons. The molecule has 0 spiro atoms. The summed E-state index contributed by atoms with van der Waals surface area (Å²) in [6.45, 7) is 2.08. The van der Waals surface area contributed by atoms with Crippen LogP contribution in [0.3, 0.4) is 0 Å². The van der Waals surface area contributed by atoms with E-state index in [9.17, 15) is 4.39 Å². The molecule has 0 fully saturated rings.